The maximum Gasteiger partial charge on any atom is 0.302 e. The van der Waals surface area contributed by atoms with Gasteiger partial charge in [-0.05, 0) is 74.3 Å². The molecule has 0 N–H and O–H groups in total. The zero-order valence-corrected chi connectivity index (χ0v) is 18.7. The molecule has 4 heteroatoms. The van der Waals surface area contributed by atoms with Crippen molar-refractivity contribution in [3.05, 3.63) is 35.3 Å². The van der Waals surface area contributed by atoms with Crippen LogP contribution in [0.5, 0.6) is 0 Å². The van der Waals surface area contributed by atoms with Crippen molar-refractivity contribution in [2.45, 2.75) is 84.7 Å². The quantitative estimate of drug-likeness (QED) is 0.460. The number of hydrogen-bond donors (Lipinski definition) is 0. The number of Topliss-reactive ketones (excluding diaryl/α,β-unsaturated/α-hetero) is 1. The van der Waals surface area contributed by atoms with E-state index >= 15 is 0 Å². The molecular formula is C26H34O4. The Labute approximate surface area is 179 Å². The number of fused-ring (bicyclic) bond motifs is 5. The van der Waals surface area contributed by atoms with Gasteiger partial charge in [-0.2, -0.15) is 0 Å². The molecule has 3 saturated carbocycles. The third-order valence-electron chi connectivity index (χ3n) is 9.24. The number of hydrogen-bond acceptors (Lipinski definition) is 4. The highest BCUT2D eigenvalue weighted by molar-refractivity contribution is 5.87. The minimum Gasteiger partial charge on any atom is -0.466 e. The SMILES string of the molecule is CC(=O)OC1CC[C@@]2(C)C(=CC(c3ccc(C)o3)C3C2CC[C@]2(C)C(=O)CCC32)C1. The van der Waals surface area contributed by atoms with Crippen LogP contribution in [0.15, 0.2) is 28.2 Å². The van der Waals surface area contributed by atoms with Gasteiger partial charge in [0.1, 0.15) is 23.4 Å². The minimum absolute atomic E-state index is 0.0146. The summed E-state index contributed by atoms with van der Waals surface area (Å²) >= 11 is 0. The molecule has 0 bridgehead atoms. The molecule has 7 atom stereocenters. The highest BCUT2D eigenvalue weighted by Crippen LogP contribution is 2.66. The van der Waals surface area contributed by atoms with Gasteiger partial charge in [-0.3, -0.25) is 9.59 Å². The topological polar surface area (TPSA) is 56.5 Å². The molecule has 0 radical (unpaired) electrons. The Kier molecular flexibility index (Phi) is 4.57. The van der Waals surface area contributed by atoms with E-state index in [9.17, 15) is 9.59 Å². The summed E-state index contributed by atoms with van der Waals surface area (Å²) < 4.78 is 11.8. The monoisotopic (exact) mass is 410 g/mol. The lowest BCUT2D eigenvalue weighted by molar-refractivity contribution is -0.148. The summed E-state index contributed by atoms with van der Waals surface area (Å²) in [6.07, 6.45) is 9.11. The van der Waals surface area contributed by atoms with E-state index in [1.54, 1.807) is 0 Å². The lowest BCUT2D eigenvalue weighted by Gasteiger charge is -2.58. The van der Waals surface area contributed by atoms with Crippen molar-refractivity contribution in [2.75, 3.05) is 0 Å². The smallest absolute Gasteiger partial charge is 0.302 e. The Bertz CT molecular complexity index is 910. The lowest BCUT2D eigenvalue weighted by atomic mass is 9.45. The maximum absolute atomic E-state index is 12.9. The normalized spacial score (nSPS) is 42.7. The van der Waals surface area contributed by atoms with Crippen molar-refractivity contribution >= 4 is 11.8 Å². The molecule has 0 aromatic carbocycles. The van der Waals surface area contributed by atoms with Crippen LogP contribution in [-0.2, 0) is 14.3 Å². The van der Waals surface area contributed by atoms with Gasteiger partial charge in [0.25, 0.3) is 0 Å². The first-order valence-corrected chi connectivity index (χ1v) is 11.7. The van der Waals surface area contributed by atoms with Gasteiger partial charge in [0.15, 0.2) is 0 Å². The van der Waals surface area contributed by atoms with Crippen LogP contribution in [0, 0.1) is 35.5 Å². The zero-order valence-electron chi connectivity index (χ0n) is 18.7. The second kappa shape index (κ2) is 6.83. The average Bonchev–Trinajstić information content (AvgIpc) is 3.24. The predicted molar refractivity (Wildman–Crippen MR) is 114 cm³/mol. The second-order valence-corrected chi connectivity index (χ2v) is 10.8. The van der Waals surface area contributed by atoms with Gasteiger partial charge >= 0.3 is 5.97 Å². The molecule has 1 aromatic rings. The molecule has 30 heavy (non-hydrogen) atoms. The fourth-order valence-electron chi connectivity index (χ4n) is 7.66. The van der Waals surface area contributed by atoms with Crippen LogP contribution in [-0.4, -0.2) is 17.9 Å². The molecule has 4 aliphatic carbocycles. The average molecular weight is 411 g/mol. The van der Waals surface area contributed by atoms with Crippen molar-refractivity contribution in [3.63, 3.8) is 0 Å². The number of ketones is 1. The molecule has 4 aliphatic rings. The number of allylic oxidation sites excluding steroid dienone is 1. The molecular weight excluding hydrogens is 376 g/mol. The summed E-state index contributed by atoms with van der Waals surface area (Å²) in [7, 11) is 0. The van der Waals surface area contributed by atoms with Gasteiger partial charge in [-0.15, -0.1) is 0 Å². The highest BCUT2D eigenvalue weighted by atomic mass is 16.5. The maximum atomic E-state index is 12.9. The van der Waals surface area contributed by atoms with E-state index in [4.69, 9.17) is 9.15 Å². The summed E-state index contributed by atoms with van der Waals surface area (Å²) in [4.78, 5) is 24.4. The third-order valence-corrected chi connectivity index (χ3v) is 9.24. The van der Waals surface area contributed by atoms with Crippen molar-refractivity contribution in [1.82, 2.24) is 0 Å². The standard InChI is InChI=1S/C26H34O4/c1-15-5-7-22(29-15)19-14-17-13-18(30-16(2)27)9-11-25(17,3)21-10-12-26(4)20(24(19)21)6-8-23(26)28/h5,7,14,18-21,24H,6,8-13H2,1-4H3/t18?,19?,20?,21?,24?,25-,26-/m0/s1. The number of esters is 1. The molecule has 1 aromatic heterocycles. The molecule has 5 rings (SSSR count). The molecule has 0 spiro atoms. The van der Waals surface area contributed by atoms with E-state index < -0.39 is 0 Å². The Morgan fingerprint density at radius 2 is 1.83 bits per heavy atom. The first-order chi connectivity index (χ1) is 14.2. The van der Waals surface area contributed by atoms with E-state index in [1.807, 2.05) is 6.92 Å². The summed E-state index contributed by atoms with van der Waals surface area (Å²) in [6, 6.07) is 4.19. The first kappa shape index (κ1) is 20.1. The Balaban J connectivity index is 1.59. The van der Waals surface area contributed by atoms with Crippen molar-refractivity contribution in [1.29, 1.82) is 0 Å². The van der Waals surface area contributed by atoms with Crippen LogP contribution in [0.3, 0.4) is 0 Å². The van der Waals surface area contributed by atoms with Crippen molar-refractivity contribution in [3.8, 4) is 0 Å². The lowest BCUT2D eigenvalue weighted by Crippen LogP contribution is -2.52. The molecule has 0 saturated heterocycles. The molecule has 3 fully saturated rings. The summed E-state index contributed by atoms with van der Waals surface area (Å²) in [5.74, 6) is 3.90. The van der Waals surface area contributed by atoms with E-state index in [0.717, 1.165) is 56.5 Å². The number of rotatable bonds is 2. The summed E-state index contributed by atoms with van der Waals surface area (Å²) in [6.45, 7) is 8.17. The Morgan fingerprint density at radius 3 is 2.53 bits per heavy atom. The van der Waals surface area contributed by atoms with Crippen LogP contribution in [0.25, 0.3) is 0 Å². The molecule has 162 valence electrons. The minimum atomic E-state index is -0.186. The van der Waals surface area contributed by atoms with Crippen LogP contribution >= 0.6 is 0 Å². The summed E-state index contributed by atoms with van der Waals surface area (Å²) in [5, 5.41) is 0. The van der Waals surface area contributed by atoms with Crippen LogP contribution < -0.4 is 0 Å². The van der Waals surface area contributed by atoms with Crippen LogP contribution in [0.2, 0.25) is 0 Å². The zero-order chi connectivity index (χ0) is 21.3. The number of aryl methyl sites for hydroxylation is 1. The molecule has 1 heterocycles. The van der Waals surface area contributed by atoms with E-state index in [2.05, 4.69) is 32.1 Å². The molecule has 0 amide bonds. The molecule has 5 unspecified atom stereocenters. The number of carbonyl (C=O) groups excluding carboxylic acids is 2. The fraction of sp³-hybridized carbons (Fsp3) is 0.692. The van der Waals surface area contributed by atoms with E-state index in [0.29, 0.717) is 23.5 Å². The van der Waals surface area contributed by atoms with Gasteiger partial charge in [0, 0.05) is 31.1 Å². The van der Waals surface area contributed by atoms with Gasteiger partial charge in [-0.25, -0.2) is 0 Å². The van der Waals surface area contributed by atoms with Crippen LogP contribution in [0.1, 0.15) is 83.2 Å². The Hall–Kier alpha value is -1.84. The number of carbonyl (C=O) groups is 2. The molecule has 0 aliphatic heterocycles. The van der Waals surface area contributed by atoms with Gasteiger partial charge < -0.3 is 9.15 Å². The van der Waals surface area contributed by atoms with E-state index in [-0.39, 0.29) is 28.8 Å². The van der Waals surface area contributed by atoms with Gasteiger partial charge in [-0.1, -0.05) is 25.5 Å². The van der Waals surface area contributed by atoms with E-state index in [1.165, 1.54) is 12.5 Å². The number of furan rings is 1. The third kappa shape index (κ3) is 2.85. The Morgan fingerprint density at radius 1 is 1.10 bits per heavy atom. The first-order valence-electron chi connectivity index (χ1n) is 11.7. The van der Waals surface area contributed by atoms with Gasteiger partial charge in [0.2, 0.25) is 0 Å². The predicted octanol–water partition coefficient (Wildman–Crippen LogP) is 5.75. The highest BCUT2D eigenvalue weighted by Gasteiger charge is 2.61. The van der Waals surface area contributed by atoms with Crippen molar-refractivity contribution < 1.29 is 18.7 Å². The largest absolute Gasteiger partial charge is 0.466 e. The van der Waals surface area contributed by atoms with Crippen molar-refractivity contribution in [2.24, 2.45) is 28.6 Å². The number of ether oxygens (including phenoxy) is 1. The van der Waals surface area contributed by atoms with Crippen LogP contribution in [0.4, 0.5) is 0 Å². The summed E-state index contributed by atoms with van der Waals surface area (Å²) in [5.41, 5.74) is 1.40. The second-order valence-electron chi connectivity index (χ2n) is 10.8. The fourth-order valence-corrected chi connectivity index (χ4v) is 7.66. The molecule has 4 nitrogen and oxygen atoms in total. The van der Waals surface area contributed by atoms with Gasteiger partial charge in [0.05, 0.1) is 0 Å².